The maximum Gasteiger partial charge on any atom is 0.261 e. The molecular weight excluding hydrogens is 258 g/mol. The number of benzene rings is 1. The van der Waals surface area contributed by atoms with E-state index < -0.39 is 0 Å². The summed E-state index contributed by atoms with van der Waals surface area (Å²) in [7, 11) is 0. The fourth-order valence-electron chi connectivity index (χ4n) is 1.97. The summed E-state index contributed by atoms with van der Waals surface area (Å²) < 4.78 is 1.02. The van der Waals surface area contributed by atoms with Gasteiger partial charge in [-0.3, -0.25) is 9.89 Å². The van der Waals surface area contributed by atoms with Crippen molar-refractivity contribution in [1.29, 1.82) is 0 Å². The number of hydrogen-bond donors (Lipinski definition) is 2. The van der Waals surface area contributed by atoms with Gasteiger partial charge in [0.2, 0.25) is 0 Å². The number of amides is 1. The number of H-pyrrole nitrogens is 1. The van der Waals surface area contributed by atoms with E-state index in [9.17, 15) is 4.79 Å². The molecule has 2 N–H and O–H groups in total. The highest BCUT2D eigenvalue weighted by Crippen LogP contribution is 2.32. The Morgan fingerprint density at radius 1 is 1.37 bits per heavy atom. The maximum atomic E-state index is 11.8. The van der Waals surface area contributed by atoms with E-state index in [-0.39, 0.29) is 5.91 Å². The first-order valence-electron chi connectivity index (χ1n) is 6.11. The molecule has 4 nitrogen and oxygen atoms in total. The fraction of sp³-hybridized carbons (Fsp3) is 0.143. The highest BCUT2D eigenvalue weighted by molar-refractivity contribution is 7.21. The standard InChI is InChI=1S/C14H13N3OS/c1-2-15-14(18)11-8-10-13(19-11)12(17-16-10)9-6-4-3-5-7-9/h3-8H,2H2,1H3,(H,15,18)(H,16,17). The van der Waals surface area contributed by atoms with Gasteiger partial charge in [0.05, 0.1) is 15.1 Å². The quantitative estimate of drug-likeness (QED) is 0.769. The smallest absolute Gasteiger partial charge is 0.261 e. The van der Waals surface area contributed by atoms with Gasteiger partial charge in [-0.1, -0.05) is 30.3 Å². The topological polar surface area (TPSA) is 57.8 Å². The van der Waals surface area contributed by atoms with Crippen molar-refractivity contribution in [2.24, 2.45) is 0 Å². The minimum Gasteiger partial charge on any atom is -0.352 e. The lowest BCUT2D eigenvalue weighted by atomic mass is 10.1. The van der Waals surface area contributed by atoms with Gasteiger partial charge in [-0.25, -0.2) is 0 Å². The van der Waals surface area contributed by atoms with E-state index in [1.165, 1.54) is 11.3 Å². The van der Waals surface area contributed by atoms with Gasteiger partial charge in [0.25, 0.3) is 5.91 Å². The van der Waals surface area contributed by atoms with E-state index in [1.807, 2.05) is 43.3 Å². The van der Waals surface area contributed by atoms with Gasteiger partial charge in [-0.15, -0.1) is 11.3 Å². The van der Waals surface area contributed by atoms with Crippen molar-refractivity contribution in [2.45, 2.75) is 6.92 Å². The van der Waals surface area contributed by atoms with Gasteiger partial charge in [0.1, 0.15) is 5.69 Å². The van der Waals surface area contributed by atoms with Crippen LogP contribution in [0.2, 0.25) is 0 Å². The van der Waals surface area contributed by atoms with Gasteiger partial charge in [-0.2, -0.15) is 5.10 Å². The predicted molar refractivity (Wildman–Crippen MR) is 77.4 cm³/mol. The maximum absolute atomic E-state index is 11.8. The molecule has 0 atom stereocenters. The molecule has 0 fully saturated rings. The van der Waals surface area contributed by atoms with E-state index in [0.29, 0.717) is 11.4 Å². The van der Waals surface area contributed by atoms with E-state index in [1.54, 1.807) is 0 Å². The molecule has 96 valence electrons. The molecule has 0 aliphatic carbocycles. The zero-order chi connectivity index (χ0) is 13.2. The van der Waals surface area contributed by atoms with Crippen molar-refractivity contribution < 1.29 is 4.79 Å². The molecule has 0 saturated heterocycles. The van der Waals surface area contributed by atoms with Crippen molar-refractivity contribution in [3.8, 4) is 11.3 Å². The Bertz CT molecular complexity index is 715. The molecule has 0 bridgehead atoms. The second kappa shape index (κ2) is 4.85. The van der Waals surface area contributed by atoms with Crippen LogP contribution in [-0.2, 0) is 0 Å². The molecule has 0 radical (unpaired) electrons. The SMILES string of the molecule is CCNC(=O)c1cc2[nH]nc(-c3ccccc3)c2s1. The predicted octanol–water partition coefficient (Wildman–Crippen LogP) is 3.04. The summed E-state index contributed by atoms with van der Waals surface area (Å²) in [4.78, 5) is 12.5. The highest BCUT2D eigenvalue weighted by atomic mass is 32.1. The zero-order valence-electron chi connectivity index (χ0n) is 10.4. The summed E-state index contributed by atoms with van der Waals surface area (Å²) in [6, 6.07) is 11.8. The van der Waals surface area contributed by atoms with Gasteiger partial charge >= 0.3 is 0 Å². The van der Waals surface area contributed by atoms with Crippen LogP contribution in [-0.4, -0.2) is 22.6 Å². The number of carbonyl (C=O) groups is 1. The van der Waals surface area contributed by atoms with Crippen LogP contribution in [0.3, 0.4) is 0 Å². The number of thiophene rings is 1. The van der Waals surface area contributed by atoms with Crippen LogP contribution < -0.4 is 5.32 Å². The summed E-state index contributed by atoms with van der Waals surface area (Å²) in [6.07, 6.45) is 0. The third kappa shape index (κ3) is 2.13. The van der Waals surface area contributed by atoms with Crippen LogP contribution in [0.15, 0.2) is 36.4 Å². The third-order valence-electron chi connectivity index (χ3n) is 2.84. The van der Waals surface area contributed by atoms with Crippen molar-refractivity contribution in [3.05, 3.63) is 41.3 Å². The van der Waals surface area contributed by atoms with Crippen LogP contribution in [0, 0.1) is 0 Å². The molecule has 5 heteroatoms. The van der Waals surface area contributed by atoms with Crippen molar-refractivity contribution in [3.63, 3.8) is 0 Å². The molecule has 0 aliphatic heterocycles. The Hall–Kier alpha value is -2.14. The van der Waals surface area contributed by atoms with Crippen molar-refractivity contribution in [2.75, 3.05) is 6.54 Å². The number of aromatic amines is 1. The number of hydrogen-bond acceptors (Lipinski definition) is 3. The average molecular weight is 271 g/mol. The summed E-state index contributed by atoms with van der Waals surface area (Å²) >= 11 is 1.47. The van der Waals surface area contributed by atoms with Gasteiger partial charge in [-0.05, 0) is 13.0 Å². The van der Waals surface area contributed by atoms with E-state index in [4.69, 9.17) is 0 Å². The Morgan fingerprint density at radius 3 is 2.89 bits per heavy atom. The number of nitrogens with zero attached hydrogens (tertiary/aromatic N) is 1. The van der Waals surface area contributed by atoms with Crippen LogP contribution in [0.4, 0.5) is 0 Å². The fourth-order valence-corrected chi connectivity index (χ4v) is 3.00. The summed E-state index contributed by atoms with van der Waals surface area (Å²) in [5.41, 5.74) is 2.86. The van der Waals surface area contributed by atoms with Crippen molar-refractivity contribution >= 4 is 27.5 Å². The average Bonchev–Trinajstić information content (AvgIpc) is 2.99. The van der Waals surface area contributed by atoms with Gasteiger partial charge < -0.3 is 5.32 Å². The van der Waals surface area contributed by atoms with E-state index >= 15 is 0 Å². The lowest BCUT2D eigenvalue weighted by Crippen LogP contribution is -2.21. The minimum atomic E-state index is -0.0314. The van der Waals surface area contributed by atoms with Crippen LogP contribution in [0.25, 0.3) is 21.5 Å². The lowest BCUT2D eigenvalue weighted by Gasteiger charge is -1.97. The minimum absolute atomic E-state index is 0.0314. The Balaban J connectivity index is 2.06. The molecular formula is C14H13N3OS. The van der Waals surface area contributed by atoms with Crippen LogP contribution in [0.5, 0.6) is 0 Å². The molecule has 1 aromatic carbocycles. The first-order valence-corrected chi connectivity index (χ1v) is 6.92. The zero-order valence-corrected chi connectivity index (χ0v) is 11.3. The summed E-state index contributed by atoms with van der Waals surface area (Å²) in [6.45, 7) is 2.54. The summed E-state index contributed by atoms with van der Waals surface area (Å²) in [5.74, 6) is -0.0314. The molecule has 2 heterocycles. The Labute approximate surface area is 114 Å². The van der Waals surface area contributed by atoms with Gasteiger partial charge in [0.15, 0.2) is 0 Å². The van der Waals surface area contributed by atoms with E-state index in [2.05, 4.69) is 15.5 Å². The molecule has 2 aromatic heterocycles. The number of rotatable bonds is 3. The lowest BCUT2D eigenvalue weighted by molar-refractivity contribution is 0.0960. The highest BCUT2D eigenvalue weighted by Gasteiger charge is 2.15. The largest absolute Gasteiger partial charge is 0.352 e. The van der Waals surface area contributed by atoms with Gasteiger partial charge in [0, 0.05) is 12.1 Å². The Morgan fingerprint density at radius 2 is 2.16 bits per heavy atom. The number of fused-ring (bicyclic) bond motifs is 1. The van der Waals surface area contributed by atoms with E-state index in [0.717, 1.165) is 21.5 Å². The second-order valence-electron chi connectivity index (χ2n) is 4.15. The molecule has 0 saturated carbocycles. The first-order chi connectivity index (χ1) is 9.29. The molecule has 0 aliphatic rings. The number of carbonyl (C=O) groups excluding carboxylic acids is 1. The first kappa shape index (κ1) is 11.9. The third-order valence-corrected chi connectivity index (χ3v) is 3.98. The summed E-state index contributed by atoms with van der Waals surface area (Å²) in [5, 5.41) is 10.1. The molecule has 19 heavy (non-hydrogen) atoms. The molecule has 0 spiro atoms. The number of aromatic nitrogens is 2. The molecule has 1 amide bonds. The molecule has 0 unspecified atom stereocenters. The van der Waals surface area contributed by atoms with Crippen molar-refractivity contribution in [1.82, 2.24) is 15.5 Å². The molecule has 3 rings (SSSR count). The molecule has 3 aromatic rings. The second-order valence-corrected chi connectivity index (χ2v) is 5.20. The Kier molecular flexibility index (Phi) is 3.05. The normalized spacial score (nSPS) is 10.8. The number of nitrogens with one attached hydrogen (secondary N) is 2. The van der Waals surface area contributed by atoms with Crippen LogP contribution in [0.1, 0.15) is 16.6 Å². The van der Waals surface area contributed by atoms with Crippen LogP contribution >= 0.6 is 11.3 Å². The monoisotopic (exact) mass is 271 g/mol.